The van der Waals surface area contributed by atoms with Gasteiger partial charge in [-0.25, -0.2) is 9.59 Å². The molecule has 3 aliphatic rings. The second-order valence-corrected chi connectivity index (χ2v) is 23.1. The largest absolute Gasteiger partial charge is 0.478 e. The van der Waals surface area contributed by atoms with Crippen molar-refractivity contribution in [3.8, 4) is 0 Å². The van der Waals surface area contributed by atoms with Gasteiger partial charge in [0, 0.05) is 82.8 Å². The van der Waals surface area contributed by atoms with Gasteiger partial charge < -0.3 is 39.4 Å². The minimum absolute atomic E-state index is 0.00759. The fourth-order valence-corrected chi connectivity index (χ4v) is 9.18. The van der Waals surface area contributed by atoms with Crippen molar-refractivity contribution in [3.05, 3.63) is 125 Å². The van der Waals surface area contributed by atoms with Gasteiger partial charge in [-0.3, -0.25) is 48.3 Å². The molecule has 0 aliphatic carbocycles. The number of anilines is 6. The molecule has 6 heterocycles. The molecule has 3 fully saturated rings. The van der Waals surface area contributed by atoms with Crippen LogP contribution in [0.5, 0.6) is 0 Å². The molecule has 3 aromatic carbocycles. The zero-order valence-electron chi connectivity index (χ0n) is 48.3. The van der Waals surface area contributed by atoms with Crippen LogP contribution in [0.25, 0.3) is 0 Å². The number of carbonyl (C=O) groups excluding carboxylic acids is 8. The van der Waals surface area contributed by atoms with Crippen molar-refractivity contribution < 1.29 is 66.6 Å². The van der Waals surface area contributed by atoms with Crippen LogP contribution in [-0.2, 0) is 49.7 Å². The first-order valence-electron chi connectivity index (χ1n) is 27.0. The van der Waals surface area contributed by atoms with Gasteiger partial charge in [-0.2, -0.15) is 0 Å². The van der Waals surface area contributed by atoms with E-state index in [1.807, 2.05) is 62.3 Å². The zero-order chi connectivity index (χ0) is 60.7. The molecule has 6 aromatic rings. The summed E-state index contributed by atoms with van der Waals surface area (Å²) in [6.45, 7) is 19.6. The van der Waals surface area contributed by atoms with Crippen molar-refractivity contribution >= 4 is 87.7 Å². The molecule has 0 radical (unpaired) electrons. The Bertz CT molecular complexity index is 3280. The van der Waals surface area contributed by atoms with Gasteiger partial charge in [0.2, 0.25) is 35.4 Å². The normalized spacial score (nSPS) is 17.1. The van der Waals surface area contributed by atoms with Crippen LogP contribution < -0.4 is 30.7 Å². The Hall–Kier alpha value is -9.28. The topological polar surface area (TPSA) is 307 Å². The van der Waals surface area contributed by atoms with Gasteiger partial charge in [0.05, 0.1) is 18.2 Å². The van der Waals surface area contributed by atoms with Gasteiger partial charge in [-0.1, -0.05) is 109 Å². The SMILES string of the molecule is CC(C)(C)c1cc(NC(=O)[C@@H]2CCC(=O)N2c2cccc(C(=O)O)c2)no1.CCC(=O)c1cccc(N2C(=O)CC[C@H]2C(=O)Nc2cc(C(C)(C)C)on2)c1.COC(=O)c1cccc(N2C(=O)CC[C@H]2C(=O)Nc2cc(C(C)(C)C)on2)c1. The Balaban J connectivity index is 0.000000179. The summed E-state index contributed by atoms with van der Waals surface area (Å²) >= 11 is 0. The van der Waals surface area contributed by atoms with Crippen LogP contribution in [0.3, 0.4) is 0 Å². The molecule has 23 heteroatoms. The van der Waals surface area contributed by atoms with Crippen LogP contribution in [0.2, 0.25) is 0 Å². The third kappa shape index (κ3) is 14.8. The Morgan fingerprint density at radius 3 is 1.13 bits per heavy atom. The highest BCUT2D eigenvalue weighted by Gasteiger charge is 2.41. The summed E-state index contributed by atoms with van der Waals surface area (Å²) in [6, 6.07) is 22.2. The summed E-state index contributed by atoms with van der Waals surface area (Å²) in [7, 11) is 1.29. The van der Waals surface area contributed by atoms with E-state index >= 15 is 0 Å². The lowest BCUT2D eigenvalue weighted by Gasteiger charge is -2.24. The average Bonchev–Trinajstić information content (AvgIpc) is 4.54. The second kappa shape index (κ2) is 25.2. The highest BCUT2D eigenvalue weighted by Crippen LogP contribution is 2.33. The summed E-state index contributed by atoms with van der Waals surface area (Å²) in [6.07, 6.45) is 2.22. The number of carboxylic acids is 1. The molecule has 23 nitrogen and oxygen atoms in total. The van der Waals surface area contributed by atoms with Crippen LogP contribution in [-0.4, -0.2) is 99.0 Å². The van der Waals surface area contributed by atoms with E-state index in [9.17, 15) is 43.2 Å². The van der Waals surface area contributed by atoms with E-state index in [0.29, 0.717) is 82.8 Å². The third-order valence-electron chi connectivity index (χ3n) is 13.7. The number of hydrogen-bond donors (Lipinski definition) is 4. The number of esters is 1. The lowest BCUT2D eigenvalue weighted by molar-refractivity contribution is -0.120. The number of carboxylic acid groups (broad SMARTS) is 1. The maximum Gasteiger partial charge on any atom is 0.337 e. The average molecular weight is 1140 g/mol. The zero-order valence-corrected chi connectivity index (χ0v) is 48.3. The van der Waals surface area contributed by atoms with Gasteiger partial charge in [0.15, 0.2) is 23.2 Å². The number of benzene rings is 3. The van der Waals surface area contributed by atoms with Crippen molar-refractivity contribution in [2.75, 3.05) is 37.8 Å². The first-order valence-corrected chi connectivity index (χ1v) is 27.0. The van der Waals surface area contributed by atoms with Gasteiger partial charge in [-0.05, 0) is 67.8 Å². The van der Waals surface area contributed by atoms with E-state index in [4.69, 9.17) is 23.4 Å². The number of aromatic nitrogens is 3. The lowest BCUT2D eigenvalue weighted by atomic mass is 9.93. The molecule has 3 aromatic heterocycles. The molecule has 0 saturated carbocycles. The number of ketones is 1. The molecule has 9 rings (SSSR count). The summed E-state index contributed by atoms with van der Waals surface area (Å²) in [5, 5.41) is 28.9. The summed E-state index contributed by atoms with van der Waals surface area (Å²) in [5.74, 6) is -0.397. The van der Waals surface area contributed by atoms with Crippen molar-refractivity contribution in [1.82, 2.24) is 15.5 Å². The van der Waals surface area contributed by atoms with Gasteiger partial charge in [0.25, 0.3) is 0 Å². The molecule has 83 heavy (non-hydrogen) atoms. The second-order valence-electron chi connectivity index (χ2n) is 23.1. The Morgan fingerprint density at radius 2 is 0.831 bits per heavy atom. The standard InChI is InChI=1S/C21H25N3O4.C20H23N3O5.C19H21N3O5/c1-5-16(25)13-7-6-8-14(11-13)24-15(9-10-19(24)26)20(27)22-18-12-17(28-23-18)21(2,3)4;1-20(2,3)15-11-16(22-28-15)21-18(25)14-8-9-17(24)23(14)13-7-5-6-12(10-13)19(26)27-4;1-19(2,3)14-10-15(21-27-14)20-17(24)13-7-8-16(23)22(13)12-6-4-5-11(9-12)18(25)26/h6-8,11-12,15H,5,9-10H2,1-4H3,(H,22,23,27);5-7,10-11,14H,8-9H2,1-4H3,(H,21,22,25);4-6,9-10,13H,7-8H2,1-3H3,(H,25,26)(H,20,21,24)/t15-;14-;13-/m000/s1. The van der Waals surface area contributed by atoms with Gasteiger partial charge in [0.1, 0.15) is 35.4 Å². The number of amides is 6. The molecule has 4 N–H and O–H groups in total. The first kappa shape index (κ1) is 61.3. The van der Waals surface area contributed by atoms with E-state index in [1.165, 1.54) is 33.9 Å². The van der Waals surface area contributed by atoms with Gasteiger partial charge in [-0.15, -0.1) is 0 Å². The highest BCUT2D eigenvalue weighted by molar-refractivity contribution is 6.10. The molecule has 0 unspecified atom stereocenters. The number of methoxy groups -OCH3 is 1. The van der Waals surface area contributed by atoms with Crippen molar-refractivity contribution in [1.29, 1.82) is 0 Å². The number of aromatic carboxylic acids is 1. The smallest absolute Gasteiger partial charge is 0.337 e. The molecule has 0 spiro atoms. The van der Waals surface area contributed by atoms with Crippen LogP contribution in [0, 0.1) is 0 Å². The molecule has 0 bridgehead atoms. The molecule has 3 aliphatic heterocycles. The Kier molecular flexibility index (Phi) is 18.7. The third-order valence-corrected chi connectivity index (χ3v) is 13.7. The number of nitrogens with one attached hydrogen (secondary N) is 3. The summed E-state index contributed by atoms with van der Waals surface area (Å²) in [4.78, 5) is 115. The monoisotopic (exact) mass is 1140 g/mol. The maximum absolute atomic E-state index is 12.8. The molecule has 3 atom stereocenters. The first-order chi connectivity index (χ1) is 39.1. The van der Waals surface area contributed by atoms with E-state index in [-0.39, 0.29) is 82.2 Å². The number of nitrogens with zero attached hydrogens (tertiary/aromatic N) is 6. The molecule has 6 amide bonds. The Labute approximate surface area is 479 Å². The quantitative estimate of drug-likeness (QED) is 0.0618. The van der Waals surface area contributed by atoms with E-state index in [0.717, 1.165) is 0 Å². The van der Waals surface area contributed by atoms with E-state index in [2.05, 4.69) is 31.4 Å². The van der Waals surface area contributed by atoms with Crippen LogP contribution in [0.15, 0.2) is 105 Å². The highest BCUT2D eigenvalue weighted by atomic mass is 16.5. The molecule has 438 valence electrons. The predicted octanol–water partition coefficient (Wildman–Crippen LogP) is 9.40. The van der Waals surface area contributed by atoms with Crippen LogP contribution >= 0.6 is 0 Å². The number of Topliss-reactive ketones (excluding diaryl/α,β-unsaturated/α-hetero) is 1. The van der Waals surface area contributed by atoms with Crippen molar-refractivity contribution in [2.24, 2.45) is 0 Å². The fraction of sp³-hybridized carbons (Fsp3) is 0.400. The van der Waals surface area contributed by atoms with Crippen LogP contribution in [0.4, 0.5) is 34.5 Å². The number of carbonyl (C=O) groups is 9. The summed E-state index contributed by atoms with van der Waals surface area (Å²) in [5.41, 5.74) is 1.60. The minimum Gasteiger partial charge on any atom is -0.478 e. The molecule has 3 saturated heterocycles. The molecular weight excluding hydrogens is 1070 g/mol. The minimum atomic E-state index is -1.10. The lowest BCUT2D eigenvalue weighted by Crippen LogP contribution is -2.41. The van der Waals surface area contributed by atoms with Gasteiger partial charge >= 0.3 is 11.9 Å². The predicted molar refractivity (Wildman–Crippen MR) is 305 cm³/mol. The fourth-order valence-electron chi connectivity index (χ4n) is 9.18. The van der Waals surface area contributed by atoms with Crippen molar-refractivity contribution in [3.63, 3.8) is 0 Å². The van der Waals surface area contributed by atoms with E-state index < -0.39 is 36.0 Å². The van der Waals surface area contributed by atoms with E-state index in [1.54, 1.807) is 85.8 Å². The maximum atomic E-state index is 12.8. The number of ether oxygens (including phenoxy) is 1. The summed E-state index contributed by atoms with van der Waals surface area (Å²) < 4.78 is 20.6. The van der Waals surface area contributed by atoms with Crippen molar-refractivity contribution in [2.45, 2.75) is 149 Å². The number of rotatable bonds is 13. The van der Waals surface area contributed by atoms with Crippen LogP contribution in [0.1, 0.15) is 163 Å². The Morgan fingerprint density at radius 1 is 0.518 bits per heavy atom. The molecular formula is C60H69N9O14. The number of hydrogen-bond acceptors (Lipinski definition) is 16.